The number of hydrogen-bond donors (Lipinski definition) is 2. The van der Waals surface area contributed by atoms with Crippen molar-refractivity contribution in [2.45, 2.75) is 32.5 Å². The number of nitrogens with zero attached hydrogens (tertiary/aromatic N) is 7. The molecule has 0 fully saturated rings. The fourth-order valence-corrected chi connectivity index (χ4v) is 4.70. The van der Waals surface area contributed by atoms with Crippen LogP contribution in [0.5, 0.6) is 0 Å². The van der Waals surface area contributed by atoms with E-state index in [0.717, 1.165) is 22.9 Å². The van der Waals surface area contributed by atoms with Gasteiger partial charge < -0.3 is 20.4 Å². The van der Waals surface area contributed by atoms with E-state index >= 15 is 0 Å². The largest absolute Gasteiger partial charge is 0.363 e. The van der Waals surface area contributed by atoms with Crippen LogP contribution in [0, 0.1) is 0 Å². The third kappa shape index (κ3) is 5.32. The van der Waals surface area contributed by atoms with E-state index in [1.54, 1.807) is 41.9 Å². The predicted molar refractivity (Wildman–Crippen MR) is 153 cm³/mol. The molecule has 1 aliphatic rings. The molecule has 4 aromatic rings. The molecule has 5 rings (SSSR count). The van der Waals surface area contributed by atoms with Crippen molar-refractivity contribution in [2.75, 3.05) is 24.3 Å². The minimum atomic E-state index is -0.680. The summed E-state index contributed by atoms with van der Waals surface area (Å²) in [6, 6.07) is 12.0. The second kappa shape index (κ2) is 10.9. The van der Waals surface area contributed by atoms with Gasteiger partial charge in [-0.15, -0.1) is 0 Å². The van der Waals surface area contributed by atoms with Gasteiger partial charge in [-0.1, -0.05) is 29.8 Å². The van der Waals surface area contributed by atoms with E-state index in [0.29, 0.717) is 34.3 Å². The van der Waals surface area contributed by atoms with Gasteiger partial charge in [0.25, 0.3) is 5.91 Å². The number of halogens is 1. The van der Waals surface area contributed by atoms with Crippen LogP contribution in [-0.2, 0) is 18.4 Å². The van der Waals surface area contributed by atoms with Gasteiger partial charge in [0.2, 0.25) is 11.9 Å². The maximum absolute atomic E-state index is 13.4. The maximum Gasteiger partial charge on any atom is 0.255 e. The number of rotatable bonds is 8. The number of pyridine rings is 1. The molecular weight excluding hydrogens is 530 g/mol. The van der Waals surface area contributed by atoms with E-state index in [4.69, 9.17) is 11.6 Å². The Morgan fingerprint density at radius 3 is 2.65 bits per heavy atom. The highest BCUT2D eigenvalue weighted by Crippen LogP contribution is 2.32. The Hall–Kier alpha value is -4.51. The second-order valence-corrected chi connectivity index (χ2v) is 10.3. The number of amides is 2. The van der Waals surface area contributed by atoms with Gasteiger partial charge in [-0.25, -0.2) is 15.0 Å². The van der Waals surface area contributed by atoms with Gasteiger partial charge in [-0.3, -0.25) is 14.3 Å². The number of nitrogens with one attached hydrogen (secondary N) is 2. The monoisotopic (exact) mass is 559 g/mol. The van der Waals surface area contributed by atoms with Crippen molar-refractivity contribution in [3.63, 3.8) is 0 Å². The van der Waals surface area contributed by atoms with Crippen LogP contribution >= 0.6 is 11.6 Å². The van der Waals surface area contributed by atoms with Crippen LogP contribution in [0.1, 0.15) is 41.5 Å². The van der Waals surface area contributed by atoms with E-state index < -0.39 is 6.04 Å². The molecule has 12 heteroatoms. The number of benzene rings is 1. The molecule has 11 nitrogen and oxygen atoms in total. The van der Waals surface area contributed by atoms with Crippen molar-refractivity contribution in [1.82, 2.24) is 34.9 Å². The van der Waals surface area contributed by atoms with Crippen LogP contribution in [0.15, 0.2) is 54.9 Å². The van der Waals surface area contributed by atoms with E-state index in [2.05, 4.69) is 30.7 Å². The van der Waals surface area contributed by atoms with Gasteiger partial charge in [0.05, 0.1) is 34.8 Å². The second-order valence-electron chi connectivity index (χ2n) is 9.88. The van der Waals surface area contributed by atoms with E-state index in [1.807, 2.05) is 56.3 Å². The van der Waals surface area contributed by atoms with Crippen molar-refractivity contribution >= 4 is 41.0 Å². The highest BCUT2D eigenvalue weighted by molar-refractivity contribution is 6.33. The van der Waals surface area contributed by atoms with Crippen molar-refractivity contribution < 1.29 is 9.59 Å². The first-order valence-corrected chi connectivity index (χ1v) is 13.2. The minimum Gasteiger partial charge on any atom is -0.363 e. The van der Waals surface area contributed by atoms with Crippen molar-refractivity contribution in [1.29, 1.82) is 0 Å². The molecular formula is C28H30ClN9O2. The molecule has 2 atom stereocenters. The normalized spacial score (nSPS) is 14.1. The molecule has 0 bridgehead atoms. The third-order valence-electron chi connectivity index (χ3n) is 6.88. The van der Waals surface area contributed by atoms with Crippen LogP contribution in [0.4, 0.5) is 17.6 Å². The molecule has 0 unspecified atom stereocenters. The number of aryl methyl sites for hydroxylation is 1. The van der Waals surface area contributed by atoms with Gasteiger partial charge in [-0.05, 0) is 37.6 Å². The Kier molecular flexibility index (Phi) is 7.40. The summed E-state index contributed by atoms with van der Waals surface area (Å²) in [5.41, 5.74) is 3.25. The molecule has 2 N–H and O–H groups in total. The summed E-state index contributed by atoms with van der Waals surface area (Å²) in [6.07, 6.45) is 3.18. The Bertz CT molecular complexity index is 1590. The Morgan fingerprint density at radius 2 is 1.93 bits per heavy atom. The van der Waals surface area contributed by atoms with Crippen LogP contribution in [0.25, 0.3) is 11.3 Å². The lowest BCUT2D eigenvalue weighted by molar-refractivity contribution is -0.125. The molecule has 1 aromatic carbocycles. The Labute approximate surface area is 237 Å². The average Bonchev–Trinajstić information content (AvgIpc) is 3.50. The van der Waals surface area contributed by atoms with Crippen LogP contribution in [-0.4, -0.2) is 61.6 Å². The lowest BCUT2D eigenvalue weighted by atomic mass is 10.0. The van der Waals surface area contributed by atoms with Crippen LogP contribution < -0.4 is 15.5 Å². The fraction of sp³-hybridized carbons (Fsp3) is 0.286. The van der Waals surface area contributed by atoms with Gasteiger partial charge in [0, 0.05) is 44.9 Å². The standard InChI is InChI=1S/C28H30ClN9O2/c1-16(22-7-6-8-23(33-22)36(3)4)32-26(39)17(2)38-15-19-10-9-18(13-20(19)27(38)40)25-21(29)14-30-28(35-25)34-24-11-12-31-37(24)5/h6-14,16-17H,15H2,1-5H3,(H,32,39)(H,30,34,35)/t16-,17-/m1/s1. The highest BCUT2D eigenvalue weighted by Gasteiger charge is 2.34. The molecule has 0 aliphatic carbocycles. The summed E-state index contributed by atoms with van der Waals surface area (Å²) >= 11 is 6.45. The third-order valence-corrected chi connectivity index (χ3v) is 7.16. The fourth-order valence-electron chi connectivity index (χ4n) is 4.50. The van der Waals surface area contributed by atoms with E-state index in [9.17, 15) is 9.59 Å². The smallest absolute Gasteiger partial charge is 0.255 e. The van der Waals surface area contributed by atoms with Crippen molar-refractivity contribution in [3.05, 3.63) is 76.7 Å². The van der Waals surface area contributed by atoms with E-state index in [1.165, 1.54) is 6.20 Å². The Balaban J connectivity index is 1.31. The topological polar surface area (TPSA) is 121 Å². The van der Waals surface area contributed by atoms with Gasteiger partial charge in [0.15, 0.2) is 0 Å². The highest BCUT2D eigenvalue weighted by atomic mass is 35.5. The number of carbonyl (C=O) groups excluding carboxylic acids is 2. The molecule has 40 heavy (non-hydrogen) atoms. The van der Waals surface area contributed by atoms with Gasteiger partial charge in [0.1, 0.15) is 17.7 Å². The van der Waals surface area contributed by atoms with Crippen molar-refractivity contribution in [2.24, 2.45) is 7.05 Å². The summed E-state index contributed by atoms with van der Waals surface area (Å²) in [5, 5.41) is 10.6. The summed E-state index contributed by atoms with van der Waals surface area (Å²) in [6.45, 7) is 3.94. The predicted octanol–water partition coefficient (Wildman–Crippen LogP) is 3.96. The first-order chi connectivity index (χ1) is 19.1. The lowest BCUT2D eigenvalue weighted by Crippen LogP contribution is -2.46. The lowest BCUT2D eigenvalue weighted by Gasteiger charge is -2.25. The molecule has 3 aromatic heterocycles. The molecule has 206 valence electrons. The zero-order valence-electron chi connectivity index (χ0n) is 22.9. The number of fused-ring (bicyclic) bond motifs is 1. The molecule has 1 aliphatic heterocycles. The zero-order valence-corrected chi connectivity index (χ0v) is 23.6. The van der Waals surface area contributed by atoms with Gasteiger partial charge in [-0.2, -0.15) is 5.10 Å². The first kappa shape index (κ1) is 27.1. The minimum absolute atomic E-state index is 0.224. The van der Waals surface area contributed by atoms with Gasteiger partial charge >= 0.3 is 0 Å². The Morgan fingerprint density at radius 1 is 1.12 bits per heavy atom. The summed E-state index contributed by atoms with van der Waals surface area (Å²) < 4.78 is 1.66. The average molecular weight is 560 g/mol. The number of anilines is 3. The quantitative estimate of drug-likeness (QED) is 0.333. The molecule has 0 saturated heterocycles. The van der Waals surface area contributed by atoms with E-state index in [-0.39, 0.29) is 17.9 Å². The molecule has 0 spiro atoms. The summed E-state index contributed by atoms with van der Waals surface area (Å²) in [7, 11) is 5.63. The molecule has 0 radical (unpaired) electrons. The number of hydrogen-bond acceptors (Lipinski definition) is 8. The maximum atomic E-state index is 13.4. The SMILES string of the molecule is C[C@H](C(=O)N[C@H](C)c1cccc(N(C)C)n1)N1Cc2ccc(-c3nc(Nc4ccnn4C)ncc3Cl)cc2C1=O. The first-order valence-electron chi connectivity index (χ1n) is 12.8. The molecule has 0 saturated carbocycles. The van der Waals surface area contributed by atoms with Crippen molar-refractivity contribution in [3.8, 4) is 11.3 Å². The van der Waals surface area contributed by atoms with Crippen LogP contribution in [0.2, 0.25) is 5.02 Å². The molecule has 2 amide bonds. The number of carbonyl (C=O) groups is 2. The zero-order chi connectivity index (χ0) is 28.6. The summed E-state index contributed by atoms with van der Waals surface area (Å²) in [5.74, 6) is 1.39. The van der Waals surface area contributed by atoms with Crippen LogP contribution in [0.3, 0.4) is 0 Å². The molecule has 4 heterocycles. The number of aromatic nitrogens is 5. The summed E-state index contributed by atoms with van der Waals surface area (Å²) in [4.78, 5) is 43.5.